The Morgan fingerprint density at radius 2 is 2.29 bits per heavy atom. The van der Waals surface area contributed by atoms with Crippen LogP contribution in [-0.4, -0.2) is 26.8 Å². The number of hydrogen-bond donors (Lipinski definition) is 1. The van der Waals surface area contributed by atoms with Gasteiger partial charge in [-0.05, 0) is 24.6 Å². The number of rotatable bonds is 6. The number of hydrogen-bond acceptors (Lipinski definition) is 2. The van der Waals surface area contributed by atoms with Crippen LogP contribution in [0, 0.1) is 5.82 Å². The molecule has 0 unspecified atom stereocenters. The Morgan fingerprint density at radius 3 is 2.94 bits per heavy atom. The highest BCUT2D eigenvalue weighted by Crippen LogP contribution is 2.19. The quantitative estimate of drug-likeness (QED) is 0.791. The van der Waals surface area contributed by atoms with E-state index in [1.165, 1.54) is 12.1 Å². The Balaban J connectivity index is 2.55. The normalized spacial score (nSPS) is 11.9. The molecule has 0 saturated carbocycles. The second kappa shape index (κ2) is 7.43. The van der Waals surface area contributed by atoms with Crippen molar-refractivity contribution in [3.05, 3.63) is 40.2 Å². The van der Waals surface area contributed by atoms with Crippen LogP contribution in [0.5, 0.6) is 0 Å². The highest BCUT2D eigenvalue weighted by Gasteiger charge is 1.99. The SMILES string of the molecule is COCCNC/C(C)=C/c1ccc(F)cc1Cl. The monoisotopic (exact) mass is 257 g/mol. The molecule has 0 spiro atoms. The lowest BCUT2D eigenvalue weighted by molar-refractivity contribution is 0.200. The van der Waals surface area contributed by atoms with Crippen molar-refractivity contribution in [2.45, 2.75) is 6.92 Å². The number of nitrogens with one attached hydrogen (secondary N) is 1. The lowest BCUT2D eigenvalue weighted by Crippen LogP contribution is -2.20. The Labute approximate surface area is 106 Å². The van der Waals surface area contributed by atoms with Crippen molar-refractivity contribution in [1.82, 2.24) is 5.32 Å². The van der Waals surface area contributed by atoms with E-state index in [4.69, 9.17) is 16.3 Å². The van der Waals surface area contributed by atoms with E-state index < -0.39 is 0 Å². The minimum Gasteiger partial charge on any atom is -0.383 e. The molecular weight excluding hydrogens is 241 g/mol. The predicted molar refractivity (Wildman–Crippen MR) is 69.8 cm³/mol. The predicted octanol–water partition coefficient (Wildman–Crippen LogP) is 3.12. The number of ether oxygens (including phenoxy) is 1. The summed E-state index contributed by atoms with van der Waals surface area (Å²) in [6, 6.07) is 4.40. The summed E-state index contributed by atoms with van der Waals surface area (Å²) in [6.07, 6.45) is 1.95. The van der Waals surface area contributed by atoms with Crippen LogP contribution in [0.15, 0.2) is 23.8 Å². The summed E-state index contributed by atoms with van der Waals surface area (Å²) in [5, 5.41) is 3.66. The van der Waals surface area contributed by atoms with Gasteiger partial charge in [0.15, 0.2) is 0 Å². The van der Waals surface area contributed by atoms with Crippen molar-refractivity contribution in [1.29, 1.82) is 0 Å². The Kier molecular flexibility index (Phi) is 6.19. The van der Waals surface area contributed by atoms with Crippen LogP contribution in [0.25, 0.3) is 6.08 Å². The van der Waals surface area contributed by atoms with E-state index in [-0.39, 0.29) is 5.82 Å². The van der Waals surface area contributed by atoms with Crippen molar-refractivity contribution in [3.63, 3.8) is 0 Å². The number of benzene rings is 1. The highest BCUT2D eigenvalue weighted by atomic mass is 35.5. The van der Waals surface area contributed by atoms with Gasteiger partial charge in [0, 0.05) is 20.2 Å². The van der Waals surface area contributed by atoms with Crippen molar-refractivity contribution in [2.75, 3.05) is 26.8 Å². The molecule has 0 atom stereocenters. The molecule has 0 amide bonds. The van der Waals surface area contributed by atoms with Crippen molar-refractivity contribution in [3.8, 4) is 0 Å². The summed E-state index contributed by atoms with van der Waals surface area (Å²) in [4.78, 5) is 0. The van der Waals surface area contributed by atoms with Crippen molar-refractivity contribution >= 4 is 17.7 Å². The molecule has 2 nitrogen and oxygen atoms in total. The van der Waals surface area contributed by atoms with Crippen molar-refractivity contribution < 1.29 is 9.13 Å². The number of methoxy groups -OCH3 is 1. The molecule has 94 valence electrons. The summed E-state index contributed by atoms with van der Waals surface area (Å²) in [5.74, 6) is -0.317. The molecule has 1 aromatic carbocycles. The third-order valence-corrected chi connectivity index (χ3v) is 2.58. The van der Waals surface area contributed by atoms with Crippen LogP contribution in [-0.2, 0) is 4.74 Å². The van der Waals surface area contributed by atoms with Crippen LogP contribution in [0.2, 0.25) is 5.02 Å². The van der Waals surface area contributed by atoms with E-state index in [1.807, 2.05) is 13.0 Å². The van der Waals surface area contributed by atoms with Crippen LogP contribution >= 0.6 is 11.6 Å². The third-order valence-electron chi connectivity index (χ3n) is 2.25. The molecule has 1 rings (SSSR count). The second-order valence-electron chi connectivity index (χ2n) is 3.83. The Morgan fingerprint density at radius 1 is 1.53 bits per heavy atom. The van der Waals surface area contributed by atoms with Gasteiger partial charge in [0.25, 0.3) is 0 Å². The first-order chi connectivity index (χ1) is 8.13. The zero-order chi connectivity index (χ0) is 12.7. The van der Waals surface area contributed by atoms with Gasteiger partial charge in [-0.25, -0.2) is 4.39 Å². The van der Waals surface area contributed by atoms with Crippen LogP contribution in [0.1, 0.15) is 12.5 Å². The van der Waals surface area contributed by atoms with Crippen LogP contribution in [0.4, 0.5) is 4.39 Å². The summed E-state index contributed by atoms with van der Waals surface area (Å²) < 4.78 is 17.8. The maximum absolute atomic E-state index is 12.8. The first-order valence-corrected chi connectivity index (χ1v) is 5.83. The lowest BCUT2D eigenvalue weighted by Gasteiger charge is -2.05. The van der Waals surface area contributed by atoms with Crippen LogP contribution in [0.3, 0.4) is 0 Å². The van der Waals surface area contributed by atoms with E-state index in [0.29, 0.717) is 11.6 Å². The van der Waals surface area contributed by atoms with Crippen LogP contribution < -0.4 is 5.32 Å². The maximum atomic E-state index is 12.8. The molecule has 17 heavy (non-hydrogen) atoms. The van der Waals surface area contributed by atoms with Gasteiger partial charge in [-0.15, -0.1) is 0 Å². The number of halogens is 2. The molecule has 0 aliphatic heterocycles. The van der Waals surface area contributed by atoms with Gasteiger partial charge in [-0.1, -0.05) is 29.3 Å². The zero-order valence-electron chi connectivity index (χ0n) is 10.1. The second-order valence-corrected chi connectivity index (χ2v) is 4.23. The summed E-state index contributed by atoms with van der Waals surface area (Å²) in [7, 11) is 1.67. The van der Waals surface area contributed by atoms with Crippen molar-refractivity contribution in [2.24, 2.45) is 0 Å². The molecule has 0 aliphatic rings. The molecule has 1 N–H and O–H groups in total. The molecule has 0 bridgehead atoms. The summed E-state index contributed by atoms with van der Waals surface area (Å²) >= 11 is 5.93. The van der Waals surface area contributed by atoms with E-state index in [0.717, 1.165) is 24.2 Å². The largest absolute Gasteiger partial charge is 0.383 e. The lowest BCUT2D eigenvalue weighted by atomic mass is 10.1. The molecular formula is C13H17ClFNO. The molecule has 0 radical (unpaired) electrons. The molecule has 1 aromatic rings. The van der Waals surface area contributed by atoms with E-state index >= 15 is 0 Å². The standard InChI is InChI=1S/C13H17ClFNO/c1-10(9-16-5-6-17-2)7-11-3-4-12(15)8-13(11)14/h3-4,7-8,16H,5-6,9H2,1-2H3/b10-7+. The highest BCUT2D eigenvalue weighted by molar-refractivity contribution is 6.32. The van der Waals surface area contributed by atoms with Gasteiger partial charge in [0.1, 0.15) is 5.82 Å². The molecule has 0 fully saturated rings. The molecule has 0 saturated heterocycles. The first-order valence-electron chi connectivity index (χ1n) is 5.45. The third kappa shape index (κ3) is 5.31. The average Bonchev–Trinajstić information content (AvgIpc) is 2.28. The Bertz CT molecular complexity index is 393. The smallest absolute Gasteiger partial charge is 0.124 e. The Hall–Kier alpha value is -0.900. The molecule has 0 aliphatic carbocycles. The topological polar surface area (TPSA) is 21.3 Å². The summed E-state index contributed by atoms with van der Waals surface area (Å²) in [6.45, 7) is 4.25. The van der Waals surface area contributed by atoms with E-state index in [2.05, 4.69) is 5.32 Å². The molecule has 0 aromatic heterocycles. The van der Waals surface area contributed by atoms with Gasteiger partial charge in [-0.3, -0.25) is 0 Å². The fraction of sp³-hybridized carbons (Fsp3) is 0.385. The minimum absolute atomic E-state index is 0.317. The average molecular weight is 258 g/mol. The van der Waals surface area contributed by atoms with Gasteiger partial charge in [0.2, 0.25) is 0 Å². The van der Waals surface area contributed by atoms with Gasteiger partial charge >= 0.3 is 0 Å². The zero-order valence-corrected chi connectivity index (χ0v) is 10.9. The first kappa shape index (κ1) is 14.2. The minimum atomic E-state index is -0.317. The van der Waals surface area contributed by atoms with Gasteiger partial charge in [-0.2, -0.15) is 0 Å². The fourth-order valence-corrected chi connectivity index (χ4v) is 1.62. The van der Waals surface area contributed by atoms with Gasteiger partial charge < -0.3 is 10.1 Å². The van der Waals surface area contributed by atoms with E-state index in [1.54, 1.807) is 13.2 Å². The maximum Gasteiger partial charge on any atom is 0.124 e. The fourth-order valence-electron chi connectivity index (χ4n) is 1.39. The summed E-state index contributed by atoms with van der Waals surface area (Å²) in [5.41, 5.74) is 1.97. The molecule has 4 heteroatoms. The molecule has 0 heterocycles. The van der Waals surface area contributed by atoms with Gasteiger partial charge in [0.05, 0.1) is 11.6 Å². The van der Waals surface area contributed by atoms with E-state index in [9.17, 15) is 4.39 Å².